The maximum Gasteiger partial charge on any atom is 0.358 e. The van der Waals surface area contributed by atoms with Crippen LogP contribution in [0, 0.1) is 0 Å². The molecule has 0 saturated carbocycles. The minimum absolute atomic E-state index is 0.104. The van der Waals surface area contributed by atoms with Crippen LogP contribution in [0.25, 0.3) is 0 Å². The molecule has 0 aliphatic rings. The second kappa shape index (κ2) is 8.42. The molecule has 1 aromatic rings. The number of likely N-dealkylation sites (N-methyl/N-ethyl adjacent to an activating group) is 1. The predicted octanol–water partition coefficient (Wildman–Crippen LogP) is 0.940. The van der Waals surface area contributed by atoms with E-state index in [1.54, 1.807) is 0 Å². The molecular weight excluding hydrogens is 314 g/mol. The number of rotatable bonds is 9. The van der Waals surface area contributed by atoms with Crippen molar-refractivity contribution in [2.24, 2.45) is 0 Å². The Morgan fingerprint density at radius 1 is 1.43 bits per heavy atom. The highest BCUT2D eigenvalue weighted by Gasteiger charge is 2.26. The molecule has 0 fully saturated rings. The Hall–Kier alpha value is -1.03. The topological polar surface area (TPSA) is 88.6 Å². The fourth-order valence-corrected chi connectivity index (χ4v) is 4.00. The highest BCUT2D eigenvalue weighted by Crippen LogP contribution is 2.20. The summed E-state index contributed by atoms with van der Waals surface area (Å²) in [5, 5.41) is 0. The molecule has 21 heavy (non-hydrogen) atoms. The molecule has 0 unspecified atom stereocenters. The van der Waals surface area contributed by atoms with Crippen molar-refractivity contribution in [2.75, 3.05) is 33.3 Å². The minimum atomic E-state index is -3.74. The lowest BCUT2D eigenvalue weighted by Gasteiger charge is -2.19. The second-order valence-electron chi connectivity index (χ2n) is 4.31. The smallest absolute Gasteiger partial charge is 0.358 e. The molecule has 0 bridgehead atoms. The molecule has 9 heteroatoms. The van der Waals surface area contributed by atoms with Crippen LogP contribution in [0.15, 0.2) is 9.72 Å². The van der Waals surface area contributed by atoms with Crippen molar-refractivity contribution in [1.29, 1.82) is 0 Å². The standard InChI is InChI=1S/C12H21N3O4S2/c1-4-7-15(5-2)8-6-14-21(17,18)12-10(11(16)19-3)13-9-20-12/h9,14H,4-8H2,1-3H3. The summed E-state index contributed by atoms with van der Waals surface area (Å²) in [6.45, 7) is 6.80. The van der Waals surface area contributed by atoms with Crippen LogP contribution < -0.4 is 4.72 Å². The van der Waals surface area contributed by atoms with E-state index in [4.69, 9.17) is 0 Å². The average molecular weight is 335 g/mol. The summed E-state index contributed by atoms with van der Waals surface area (Å²) < 4.78 is 31.3. The van der Waals surface area contributed by atoms with Crippen LogP contribution in [0.5, 0.6) is 0 Å². The molecule has 0 aliphatic carbocycles. The molecule has 1 rings (SSSR count). The molecule has 0 atom stereocenters. The number of thiazole rings is 1. The fraction of sp³-hybridized carbons (Fsp3) is 0.667. The van der Waals surface area contributed by atoms with E-state index in [9.17, 15) is 13.2 Å². The first kappa shape index (κ1) is 18.0. The first-order valence-corrected chi connectivity index (χ1v) is 9.06. The number of sulfonamides is 1. The van der Waals surface area contributed by atoms with E-state index in [1.807, 2.05) is 6.92 Å². The van der Waals surface area contributed by atoms with Gasteiger partial charge in [0.2, 0.25) is 0 Å². The number of ether oxygens (including phenoxy) is 1. The van der Waals surface area contributed by atoms with E-state index in [1.165, 1.54) is 12.6 Å². The maximum atomic E-state index is 12.2. The van der Waals surface area contributed by atoms with Gasteiger partial charge in [0, 0.05) is 13.1 Å². The Balaban J connectivity index is 2.70. The highest BCUT2D eigenvalue weighted by molar-refractivity contribution is 7.91. The number of methoxy groups -OCH3 is 1. The molecule has 1 heterocycles. The third-order valence-corrected chi connectivity index (χ3v) is 5.70. The van der Waals surface area contributed by atoms with Crippen LogP contribution in [0.3, 0.4) is 0 Å². The van der Waals surface area contributed by atoms with Crippen molar-refractivity contribution in [3.63, 3.8) is 0 Å². The Labute approximate surface area is 129 Å². The molecular formula is C12H21N3O4S2. The van der Waals surface area contributed by atoms with E-state index in [2.05, 4.69) is 26.3 Å². The lowest BCUT2D eigenvalue weighted by atomic mass is 10.4. The number of nitrogens with one attached hydrogen (secondary N) is 1. The van der Waals surface area contributed by atoms with Gasteiger partial charge in [-0.25, -0.2) is 22.9 Å². The zero-order valence-electron chi connectivity index (χ0n) is 12.5. The Kier molecular flexibility index (Phi) is 7.23. The lowest BCUT2D eigenvalue weighted by Crippen LogP contribution is -2.35. The zero-order valence-corrected chi connectivity index (χ0v) is 14.1. The quantitative estimate of drug-likeness (QED) is 0.676. The van der Waals surface area contributed by atoms with Gasteiger partial charge in [0.25, 0.3) is 10.0 Å². The molecule has 7 nitrogen and oxygen atoms in total. The van der Waals surface area contributed by atoms with Crippen LogP contribution >= 0.6 is 11.3 Å². The molecule has 1 N–H and O–H groups in total. The minimum Gasteiger partial charge on any atom is -0.464 e. The van der Waals surface area contributed by atoms with Crippen LogP contribution in [-0.4, -0.2) is 57.6 Å². The van der Waals surface area contributed by atoms with Crippen molar-refractivity contribution >= 4 is 27.3 Å². The second-order valence-corrected chi connectivity index (χ2v) is 7.13. The van der Waals surface area contributed by atoms with Gasteiger partial charge in [-0.2, -0.15) is 0 Å². The third-order valence-electron chi connectivity index (χ3n) is 2.86. The summed E-state index contributed by atoms with van der Waals surface area (Å²) in [7, 11) is -2.55. The summed E-state index contributed by atoms with van der Waals surface area (Å²) in [5.74, 6) is -0.752. The molecule has 0 spiro atoms. The van der Waals surface area contributed by atoms with Gasteiger partial charge < -0.3 is 9.64 Å². The Morgan fingerprint density at radius 2 is 2.14 bits per heavy atom. The monoisotopic (exact) mass is 335 g/mol. The van der Waals surface area contributed by atoms with Crippen molar-refractivity contribution in [3.05, 3.63) is 11.2 Å². The largest absolute Gasteiger partial charge is 0.464 e. The lowest BCUT2D eigenvalue weighted by molar-refractivity contribution is 0.0590. The predicted molar refractivity (Wildman–Crippen MR) is 81.0 cm³/mol. The van der Waals surface area contributed by atoms with Crippen LogP contribution in [0.4, 0.5) is 0 Å². The van der Waals surface area contributed by atoms with E-state index in [0.29, 0.717) is 6.54 Å². The molecule has 0 saturated heterocycles. The fourth-order valence-electron chi connectivity index (χ4n) is 1.81. The van der Waals surface area contributed by atoms with Crippen molar-refractivity contribution in [3.8, 4) is 0 Å². The van der Waals surface area contributed by atoms with Gasteiger partial charge in [-0.15, -0.1) is 11.3 Å². The van der Waals surface area contributed by atoms with Crippen molar-refractivity contribution in [1.82, 2.24) is 14.6 Å². The number of hydrogen-bond acceptors (Lipinski definition) is 7. The van der Waals surface area contributed by atoms with E-state index in [-0.39, 0.29) is 16.4 Å². The van der Waals surface area contributed by atoms with Crippen molar-refractivity contribution in [2.45, 2.75) is 24.5 Å². The van der Waals surface area contributed by atoms with Gasteiger partial charge >= 0.3 is 5.97 Å². The zero-order chi connectivity index (χ0) is 15.9. The number of esters is 1. The summed E-state index contributed by atoms with van der Waals surface area (Å²) in [6.07, 6.45) is 1.02. The summed E-state index contributed by atoms with van der Waals surface area (Å²) >= 11 is 0.899. The third kappa shape index (κ3) is 5.03. The maximum absolute atomic E-state index is 12.2. The molecule has 120 valence electrons. The molecule has 0 aromatic carbocycles. The summed E-state index contributed by atoms with van der Waals surface area (Å²) in [5.41, 5.74) is 1.15. The van der Waals surface area contributed by atoms with E-state index < -0.39 is 16.0 Å². The summed E-state index contributed by atoms with van der Waals surface area (Å²) in [6, 6.07) is 0. The van der Waals surface area contributed by atoms with Gasteiger partial charge in [0.15, 0.2) is 9.90 Å². The first-order chi connectivity index (χ1) is 9.96. The van der Waals surface area contributed by atoms with Gasteiger partial charge in [-0.05, 0) is 19.5 Å². The number of nitrogens with zero attached hydrogens (tertiary/aromatic N) is 2. The Morgan fingerprint density at radius 3 is 2.71 bits per heavy atom. The first-order valence-electron chi connectivity index (χ1n) is 6.70. The number of carbonyl (C=O) groups is 1. The van der Waals surface area contributed by atoms with E-state index in [0.717, 1.165) is 30.8 Å². The molecule has 0 aliphatic heterocycles. The van der Waals surface area contributed by atoms with Crippen LogP contribution in [0.2, 0.25) is 0 Å². The van der Waals surface area contributed by atoms with Crippen molar-refractivity contribution < 1.29 is 17.9 Å². The average Bonchev–Trinajstić information content (AvgIpc) is 2.95. The highest BCUT2D eigenvalue weighted by atomic mass is 32.2. The SMILES string of the molecule is CCCN(CC)CCNS(=O)(=O)c1scnc1C(=O)OC. The van der Waals surface area contributed by atoms with Crippen LogP contribution in [0.1, 0.15) is 30.8 Å². The number of aromatic nitrogens is 1. The van der Waals surface area contributed by atoms with Gasteiger partial charge in [0.05, 0.1) is 12.6 Å². The van der Waals surface area contributed by atoms with Gasteiger partial charge in [-0.1, -0.05) is 13.8 Å². The number of hydrogen-bond donors (Lipinski definition) is 1. The van der Waals surface area contributed by atoms with Gasteiger partial charge in [0.1, 0.15) is 0 Å². The van der Waals surface area contributed by atoms with E-state index >= 15 is 0 Å². The Bertz CT molecular complexity index is 557. The molecule has 0 radical (unpaired) electrons. The molecule has 0 amide bonds. The molecule has 1 aromatic heterocycles. The van der Waals surface area contributed by atoms with Gasteiger partial charge in [-0.3, -0.25) is 0 Å². The van der Waals surface area contributed by atoms with Crippen LogP contribution in [-0.2, 0) is 14.8 Å². The normalized spacial score (nSPS) is 11.8. The number of carbonyl (C=O) groups excluding carboxylic acids is 1. The summed E-state index contributed by atoms with van der Waals surface area (Å²) in [4.78, 5) is 17.4.